The average molecular weight is 626 g/mol. The smallest absolute Gasteiger partial charge is 0.410 e. The predicted molar refractivity (Wildman–Crippen MR) is 157 cm³/mol. The summed E-state index contributed by atoms with van der Waals surface area (Å²) in [4.78, 5) is 42.7. The van der Waals surface area contributed by atoms with E-state index >= 15 is 0 Å². The molecule has 232 valence electrons. The van der Waals surface area contributed by atoms with Crippen molar-refractivity contribution in [2.75, 3.05) is 45.9 Å². The van der Waals surface area contributed by atoms with Crippen molar-refractivity contribution in [3.8, 4) is 5.75 Å². The van der Waals surface area contributed by atoms with Crippen molar-refractivity contribution in [2.45, 2.75) is 65.6 Å². The van der Waals surface area contributed by atoms with E-state index in [0.717, 1.165) is 4.31 Å². The average Bonchev–Trinajstić information content (AvgIpc) is 2.87. The zero-order valence-electron chi connectivity index (χ0n) is 25.1. The van der Waals surface area contributed by atoms with E-state index in [9.17, 15) is 22.8 Å². The van der Waals surface area contributed by atoms with Crippen LogP contribution >= 0.6 is 11.6 Å². The Kier molecular flexibility index (Phi) is 8.93. The van der Waals surface area contributed by atoms with E-state index < -0.39 is 44.6 Å². The standard InChI is InChI=1S/C29H40ClN3O8S/c1-27(2,3)40-25(35)29(9-11-31(12-10-29)26(36)41-28(4,5)6)19-32-13-14-33(17-24(32)34)42(37,38)22-15-20-7-8-21(30)16-23(20)39-18-22/h7-8,15-16H,9-14,17-19H2,1-6H3. The number of benzene rings is 1. The number of nitrogens with zero attached hydrogens (tertiary/aromatic N) is 3. The molecule has 0 saturated carbocycles. The Labute approximate surface area is 252 Å². The molecule has 0 atom stereocenters. The number of halogens is 1. The minimum Gasteiger partial charge on any atom is -0.487 e. The van der Waals surface area contributed by atoms with Gasteiger partial charge in [0.2, 0.25) is 15.9 Å². The third-order valence-electron chi connectivity index (χ3n) is 7.31. The van der Waals surface area contributed by atoms with Crippen LogP contribution < -0.4 is 4.74 Å². The van der Waals surface area contributed by atoms with E-state index in [0.29, 0.717) is 16.3 Å². The third-order valence-corrected chi connectivity index (χ3v) is 9.44. The zero-order valence-corrected chi connectivity index (χ0v) is 26.6. The Morgan fingerprint density at radius 1 is 1.00 bits per heavy atom. The van der Waals surface area contributed by atoms with Crippen molar-refractivity contribution in [1.29, 1.82) is 0 Å². The molecule has 3 heterocycles. The topological polar surface area (TPSA) is 123 Å². The number of hydrogen-bond donors (Lipinski definition) is 0. The van der Waals surface area contributed by atoms with Gasteiger partial charge in [-0.1, -0.05) is 11.6 Å². The summed E-state index contributed by atoms with van der Waals surface area (Å²) in [5.41, 5.74) is -1.86. The van der Waals surface area contributed by atoms with Crippen LogP contribution in [0.15, 0.2) is 23.1 Å². The number of piperazine rings is 1. The molecule has 3 aliphatic rings. The molecule has 0 unspecified atom stereocenters. The Morgan fingerprint density at radius 2 is 1.64 bits per heavy atom. The quantitative estimate of drug-likeness (QED) is 0.452. The lowest BCUT2D eigenvalue weighted by Gasteiger charge is -2.45. The summed E-state index contributed by atoms with van der Waals surface area (Å²) < 4.78 is 44.9. The van der Waals surface area contributed by atoms with Gasteiger partial charge >= 0.3 is 12.1 Å². The first-order chi connectivity index (χ1) is 19.4. The number of sulfonamides is 1. The maximum atomic E-state index is 13.5. The Hall–Kier alpha value is -2.83. The summed E-state index contributed by atoms with van der Waals surface area (Å²) in [6.45, 7) is 10.9. The van der Waals surface area contributed by atoms with Crippen molar-refractivity contribution in [2.24, 2.45) is 5.41 Å². The molecule has 3 aliphatic heterocycles. The van der Waals surface area contributed by atoms with E-state index in [-0.39, 0.29) is 63.6 Å². The highest BCUT2D eigenvalue weighted by Gasteiger charge is 2.48. The lowest BCUT2D eigenvalue weighted by molar-refractivity contribution is -0.173. The van der Waals surface area contributed by atoms with E-state index in [1.165, 1.54) is 11.0 Å². The Balaban J connectivity index is 1.47. The number of likely N-dealkylation sites (tertiary alicyclic amines) is 1. The second kappa shape index (κ2) is 11.7. The first kappa shape index (κ1) is 32.1. The van der Waals surface area contributed by atoms with Gasteiger partial charge in [-0.2, -0.15) is 4.31 Å². The summed E-state index contributed by atoms with van der Waals surface area (Å²) in [6.07, 6.45) is 1.64. The van der Waals surface area contributed by atoms with Crippen molar-refractivity contribution < 1.29 is 37.0 Å². The van der Waals surface area contributed by atoms with Gasteiger partial charge < -0.3 is 24.0 Å². The number of rotatable bonds is 5. The number of esters is 1. The monoisotopic (exact) mass is 625 g/mol. The van der Waals surface area contributed by atoms with Gasteiger partial charge in [0, 0.05) is 43.3 Å². The van der Waals surface area contributed by atoms with Crippen molar-refractivity contribution in [3.05, 3.63) is 33.7 Å². The van der Waals surface area contributed by atoms with E-state index in [1.54, 1.807) is 64.6 Å². The van der Waals surface area contributed by atoms with Crippen LogP contribution in [0.1, 0.15) is 59.9 Å². The van der Waals surface area contributed by atoms with Gasteiger partial charge in [-0.3, -0.25) is 9.59 Å². The molecule has 2 amide bonds. The van der Waals surface area contributed by atoms with Crippen LogP contribution in [-0.4, -0.2) is 97.6 Å². The Bertz CT molecular complexity index is 1370. The summed E-state index contributed by atoms with van der Waals surface area (Å²) in [5, 5.41) is 0.481. The van der Waals surface area contributed by atoms with Crippen LogP contribution in [0.25, 0.3) is 6.08 Å². The largest absolute Gasteiger partial charge is 0.487 e. The van der Waals surface area contributed by atoms with Crippen molar-refractivity contribution in [1.82, 2.24) is 14.1 Å². The van der Waals surface area contributed by atoms with Crippen LogP contribution in [0.5, 0.6) is 5.75 Å². The maximum Gasteiger partial charge on any atom is 0.410 e. The fourth-order valence-corrected chi connectivity index (χ4v) is 6.69. The molecule has 0 aromatic heterocycles. The molecule has 0 aliphatic carbocycles. The normalized spacial score (nSPS) is 19.9. The molecule has 11 nitrogen and oxygen atoms in total. The summed E-state index contributed by atoms with van der Waals surface area (Å²) in [7, 11) is -3.98. The lowest BCUT2D eigenvalue weighted by atomic mass is 9.77. The second-order valence-corrected chi connectivity index (χ2v) is 15.4. The van der Waals surface area contributed by atoms with Crippen LogP contribution in [0.4, 0.5) is 4.79 Å². The minimum atomic E-state index is -3.98. The van der Waals surface area contributed by atoms with Crippen LogP contribution in [0, 0.1) is 5.41 Å². The number of fused-ring (bicyclic) bond motifs is 1. The van der Waals surface area contributed by atoms with Gasteiger partial charge in [0.15, 0.2) is 0 Å². The number of piperidine rings is 1. The SMILES string of the molecule is CC(C)(C)OC(=O)N1CCC(CN2CCN(S(=O)(=O)C3=Cc4ccc(Cl)cc4OC3)CC2=O)(C(=O)OC(C)(C)C)CC1. The van der Waals surface area contributed by atoms with Gasteiger partial charge in [-0.05, 0) is 78.7 Å². The number of carbonyl (C=O) groups is 3. The highest BCUT2D eigenvalue weighted by Crippen LogP contribution is 2.37. The van der Waals surface area contributed by atoms with E-state index in [4.69, 9.17) is 25.8 Å². The first-order valence-electron chi connectivity index (χ1n) is 14.0. The molecular weight excluding hydrogens is 586 g/mol. The van der Waals surface area contributed by atoms with Gasteiger partial charge in [-0.15, -0.1) is 0 Å². The molecule has 0 bridgehead atoms. The second-order valence-electron chi connectivity index (χ2n) is 13.0. The molecule has 0 radical (unpaired) electrons. The van der Waals surface area contributed by atoms with Crippen molar-refractivity contribution in [3.63, 3.8) is 0 Å². The zero-order chi connectivity index (χ0) is 31.1. The number of carbonyl (C=O) groups excluding carboxylic acids is 3. The first-order valence-corrected chi connectivity index (χ1v) is 15.8. The molecule has 0 spiro atoms. The highest BCUT2D eigenvalue weighted by molar-refractivity contribution is 7.93. The summed E-state index contributed by atoms with van der Waals surface area (Å²) in [6, 6.07) is 4.95. The molecule has 4 rings (SSSR count). The van der Waals surface area contributed by atoms with E-state index in [2.05, 4.69) is 0 Å². The molecule has 42 heavy (non-hydrogen) atoms. The third kappa shape index (κ3) is 7.38. The highest BCUT2D eigenvalue weighted by atomic mass is 35.5. The van der Waals surface area contributed by atoms with Crippen molar-refractivity contribution >= 4 is 45.7 Å². The molecule has 1 aromatic rings. The van der Waals surface area contributed by atoms with Gasteiger partial charge in [0.1, 0.15) is 23.6 Å². The molecule has 0 N–H and O–H groups in total. The maximum absolute atomic E-state index is 13.5. The molecular formula is C29H40ClN3O8S. The Morgan fingerprint density at radius 3 is 2.24 bits per heavy atom. The fraction of sp³-hybridized carbons (Fsp3) is 0.621. The molecule has 2 fully saturated rings. The lowest BCUT2D eigenvalue weighted by Crippen LogP contribution is -2.59. The number of hydrogen-bond acceptors (Lipinski definition) is 8. The van der Waals surface area contributed by atoms with Crippen LogP contribution in [0.3, 0.4) is 0 Å². The van der Waals surface area contributed by atoms with Gasteiger partial charge in [-0.25, -0.2) is 13.2 Å². The fourth-order valence-electron chi connectivity index (χ4n) is 5.11. The van der Waals surface area contributed by atoms with E-state index in [1.807, 2.05) is 0 Å². The number of ether oxygens (including phenoxy) is 3. The molecule has 2 saturated heterocycles. The summed E-state index contributed by atoms with van der Waals surface area (Å²) in [5.74, 6) is -0.357. The molecule has 13 heteroatoms. The minimum absolute atomic E-state index is 0.0540. The van der Waals surface area contributed by atoms with Crippen LogP contribution in [0.2, 0.25) is 5.02 Å². The van der Waals surface area contributed by atoms with Gasteiger partial charge in [0.05, 0.1) is 16.9 Å². The molecule has 1 aromatic carbocycles. The summed E-state index contributed by atoms with van der Waals surface area (Å²) >= 11 is 6.01. The number of amides is 2. The predicted octanol–water partition coefficient (Wildman–Crippen LogP) is 3.91. The van der Waals surface area contributed by atoms with Crippen LogP contribution in [-0.2, 0) is 29.1 Å². The van der Waals surface area contributed by atoms with Gasteiger partial charge in [0.25, 0.3) is 0 Å².